The fourth-order valence-corrected chi connectivity index (χ4v) is 6.73. The first-order valence-electron chi connectivity index (χ1n) is 14.9. The van der Waals surface area contributed by atoms with Gasteiger partial charge in [-0.1, -0.05) is 68.2 Å². The lowest BCUT2D eigenvalue weighted by Gasteiger charge is -2.35. The van der Waals surface area contributed by atoms with Gasteiger partial charge in [-0.15, -0.1) is 0 Å². The molecule has 0 spiro atoms. The fraction of sp³-hybridized carbons (Fsp3) is 0.562. The summed E-state index contributed by atoms with van der Waals surface area (Å²) in [7, 11) is 0. The van der Waals surface area contributed by atoms with E-state index >= 15 is 0 Å². The normalized spacial score (nSPS) is 20.4. The number of aliphatic hydroxyl groups excluding tert-OH is 1. The summed E-state index contributed by atoms with van der Waals surface area (Å²) in [5.41, 5.74) is 2.14. The third-order valence-electron chi connectivity index (χ3n) is 7.99. The second-order valence-electron chi connectivity index (χ2n) is 11.2. The first-order chi connectivity index (χ1) is 20.6. The number of nitrogens with zero attached hydrogens (tertiary/aromatic N) is 4. The Bertz CT molecular complexity index is 1250. The van der Waals surface area contributed by atoms with E-state index < -0.39 is 5.60 Å². The Labute approximate surface area is 269 Å². The standard InChI is InChI=1S/C17H26ClNO3S.C15H18ClN3O/c1-4-14(19-22-8-6-7-18)17-15(20)10-13(11-16(17)21)9-12(3)23-5-2;1-11(12-2-3-12)15(20,8-19-10-17-9-18-19)13-4-6-14(16)7-5-13/h6-7,12-13,20H,4-5,8-11H2,1-3H3;4-7,9-12,20H,2-3,8H2,1H3/b7-6+,19-14+;. The summed E-state index contributed by atoms with van der Waals surface area (Å²) in [5.74, 6) is 2.14. The third kappa shape index (κ3) is 10.4. The van der Waals surface area contributed by atoms with Gasteiger partial charge in [-0.25, -0.2) is 9.67 Å². The lowest BCUT2D eigenvalue weighted by molar-refractivity contribution is -0.116. The number of ketones is 1. The highest BCUT2D eigenvalue weighted by Crippen LogP contribution is 2.46. The van der Waals surface area contributed by atoms with Crippen LogP contribution in [-0.4, -0.2) is 54.1 Å². The zero-order valence-corrected chi connectivity index (χ0v) is 27.8. The summed E-state index contributed by atoms with van der Waals surface area (Å²) in [4.78, 5) is 21.5. The molecular weight excluding hydrogens is 607 g/mol. The zero-order chi connectivity index (χ0) is 31.4. The largest absolute Gasteiger partial charge is 0.511 e. The molecular formula is C32H44Cl2N4O4S. The van der Waals surface area contributed by atoms with E-state index in [4.69, 9.17) is 28.0 Å². The second kappa shape index (κ2) is 17.2. The average molecular weight is 652 g/mol. The first kappa shape index (κ1) is 35.2. The first-order valence-corrected chi connectivity index (χ1v) is 16.8. The number of rotatable bonds is 14. The van der Waals surface area contributed by atoms with Crippen LogP contribution in [0.5, 0.6) is 0 Å². The van der Waals surface area contributed by atoms with Crippen molar-refractivity contribution in [2.24, 2.45) is 22.9 Å². The average Bonchev–Trinajstić information content (AvgIpc) is 3.70. The van der Waals surface area contributed by atoms with Crippen LogP contribution >= 0.6 is 35.0 Å². The van der Waals surface area contributed by atoms with Crippen LogP contribution in [0.25, 0.3) is 0 Å². The molecule has 4 atom stereocenters. The van der Waals surface area contributed by atoms with E-state index in [-0.39, 0.29) is 30.0 Å². The zero-order valence-electron chi connectivity index (χ0n) is 25.5. The van der Waals surface area contributed by atoms with Crippen molar-refractivity contribution in [1.29, 1.82) is 0 Å². The minimum Gasteiger partial charge on any atom is -0.511 e. The number of aliphatic hydroxyl groups is 2. The molecule has 4 rings (SSSR count). The van der Waals surface area contributed by atoms with Gasteiger partial charge < -0.3 is 15.1 Å². The number of oxime groups is 1. The van der Waals surface area contributed by atoms with Gasteiger partial charge in [0.25, 0.3) is 0 Å². The molecule has 0 amide bonds. The molecule has 2 N–H and O–H groups in total. The monoisotopic (exact) mass is 650 g/mol. The number of allylic oxidation sites excluding steroid dienone is 2. The highest BCUT2D eigenvalue weighted by Gasteiger charge is 2.44. The molecule has 1 aromatic carbocycles. The van der Waals surface area contributed by atoms with E-state index in [1.54, 1.807) is 17.1 Å². The van der Waals surface area contributed by atoms with Crippen molar-refractivity contribution in [1.82, 2.24) is 14.8 Å². The van der Waals surface area contributed by atoms with Crippen LogP contribution in [0.4, 0.5) is 0 Å². The molecule has 0 bridgehead atoms. The molecule has 11 heteroatoms. The quantitative estimate of drug-likeness (QED) is 0.122. The van der Waals surface area contributed by atoms with Crippen LogP contribution in [0.2, 0.25) is 5.02 Å². The van der Waals surface area contributed by atoms with Crippen LogP contribution in [0, 0.1) is 17.8 Å². The number of aromatic nitrogens is 3. The highest BCUT2D eigenvalue weighted by molar-refractivity contribution is 7.99. The Balaban J connectivity index is 0.000000237. The second-order valence-corrected chi connectivity index (χ2v) is 13.6. The summed E-state index contributed by atoms with van der Waals surface area (Å²) in [6.45, 7) is 8.95. The molecule has 1 saturated carbocycles. The van der Waals surface area contributed by atoms with Gasteiger partial charge in [-0.05, 0) is 73.0 Å². The van der Waals surface area contributed by atoms with Crippen molar-refractivity contribution >= 4 is 46.5 Å². The van der Waals surface area contributed by atoms with Crippen molar-refractivity contribution in [3.05, 3.63) is 70.4 Å². The molecule has 8 nitrogen and oxygen atoms in total. The number of halogens is 2. The molecule has 236 valence electrons. The molecule has 2 aromatic rings. The maximum absolute atomic E-state index is 12.4. The highest BCUT2D eigenvalue weighted by atomic mass is 35.5. The van der Waals surface area contributed by atoms with Crippen molar-refractivity contribution in [3.8, 4) is 0 Å². The van der Waals surface area contributed by atoms with Crippen LogP contribution in [-0.2, 0) is 21.8 Å². The SMILES string of the molecule is CC(C1CC1)C(O)(Cn1cncn1)c1ccc(Cl)cc1.CCSC(C)CC1CC(=O)C(/C(CC)=N/OC/C=C/Cl)=C(O)C1. The van der Waals surface area contributed by atoms with Crippen molar-refractivity contribution in [2.75, 3.05) is 12.4 Å². The predicted molar refractivity (Wildman–Crippen MR) is 176 cm³/mol. The third-order valence-corrected chi connectivity index (χ3v) is 9.52. The lowest BCUT2D eigenvalue weighted by atomic mass is 9.79. The van der Waals surface area contributed by atoms with Gasteiger partial charge in [-0.3, -0.25) is 4.79 Å². The number of carbonyl (C=O) groups excluding carboxylic acids is 1. The van der Waals surface area contributed by atoms with Crippen LogP contribution in [0.1, 0.15) is 71.8 Å². The number of carbonyl (C=O) groups is 1. The van der Waals surface area contributed by atoms with Gasteiger partial charge in [0.2, 0.25) is 0 Å². The van der Waals surface area contributed by atoms with E-state index in [2.05, 4.69) is 36.0 Å². The Hall–Kier alpha value is -2.33. The molecule has 0 aliphatic heterocycles. The molecule has 1 fully saturated rings. The smallest absolute Gasteiger partial charge is 0.168 e. The number of benzene rings is 1. The molecule has 43 heavy (non-hydrogen) atoms. The van der Waals surface area contributed by atoms with Gasteiger partial charge >= 0.3 is 0 Å². The summed E-state index contributed by atoms with van der Waals surface area (Å²) >= 11 is 13.2. The summed E-state index contributed by atoms with van der Waals surface area (Å²) in [6, 6.07) is 7.45. The fourth-order valence-electron chi connectivity index (χ4n) is 5.55. The summed E-state index contributed by atoms with van der Waals surface area (Å²) in [6.07, 6.45) is 9.59. The lowest BCUT2D eigenvalue weighted by Crippen LogP contribution is -2.39. The molecule has 2 aliphatic carbocycles. The maximum Gasteiger partial charge on any atom is 0.168 e. The van der Waals surface area contributed by atoms with Crippen LogP contribution < -0.4 is 0 Å². The summed E-state index contributed by atoms with van der Waals surface area (Å²) < 4.78 is 1.69. The van der Waals surface area contributed by atoms with Gasteiger partial charge in [0, 0.05) is 28.6 Å². The van der Waals surface area contributed by atoms with Crippen molar-refractivity contribution in [2.45, 2.75) is 83.6 Å². The van der Waals surface area contributed by atoms with Crippen molar-refractivity contribution < 1.29 is 19.8 Å². The van der Waals surface area contributed by atoms with Crippen molar-refractivity contribution in [3.63, 3.8) is 0 Å². The van der Waals surface area contributed by atoms with Crippen LogP contribution in [0.15, 0.2) is 65.0 Å². The van der Waals surface area contributed by atoms with Gasteiger partial charge in [0.1, 0.15) is 30.6 Å². The topological polar surface area (TPSA) is 110 Å². The maximum atomic E-state index is 12.4. The minimum atomic E-state index is -0.945. The Morgan fingerprint density at radius 2 is 1.98 bits per heavy atom. The number of thioether (sulfide) groups is 1. The van der Waals surface area contributed by atoms with E-state index in [1.165, 1.54) is 24.7 Å². The molecule has 2 aliphatic rings. The number of hydrogen-bond donors (Lipinski definition) is 2. The van der Waals surface area contributed by atoms with Gasteiger partial charge in [0.05, 0.1) is 17.8 Å². The Kier molecular flexibility index (Phi) is 14.1. The van der Waals surface area contributed by atoms with E-state index in [9.17, 15) is 15.0 Å². The van der Waals surface area contributed by atoms with Gasteiger partial charge in [0.15, 0.2) is 5.78 Å². The number of Topliss-reactive ketones (excluding diaryl/α,β-unsaturated/α-hetero) is 1. The molecule has 1 heterocycles. The molecule has 4 unspecified atom stereocenters. The van der Waals surface area contributed by atoms with E-state index in [0.29, 0.717) is 53.3 Å². The molecule has 1 aromatic heterocycles. The van der Waals surface area contributed by atoms with Crippen LogP contribution in [0.3, 0.4) is 0 Å². The van der Waals surface area contributed by atoms with E-state index in [0.717, 1.165) is 17.7 Å². The Morgan fingerprint density at radius 3 is 2.53 bits per heavy atom. The molecule has 0 radical (unpaired) electrons. The van der Waals surface area contributed by atoms with E-state index in [1.807, 2.05) is 43.0 Å². The Morgan fingerprint density at radius 1 is 1.26 bits per heavy atom. The summed E-state index contributed by atoms with van der Waals surface area (Å²) in [5, 5.41) is 30.9. The molecule has 0 saturated heterocycles. The predicted octanol–water partition coefficient (Wildman–Crippen LogP) is 7.71. The number of hydrogen-bond acceptors (Lipinski definition) is 8. The van der Waals surface area contributed by atoms with Gasteiger partial charge in [-0.2, -0.15) is 16.9 Å². The minimum absolute atomic E-state index is 0.0375.